The molecule has 0 radical (unpaired) electrons. The Balaban J connectivity index is 1.63. The molecule has 2 aromatic carbocycles. The van der Waals surface area contributed by atoms with Crippen LogP contribution in [-0.4, -0.2) is 18.2 Å². The van der Waals surface area contributed by atoms with Crippen molar-refractivity contribution in [1.29, 1.82) is 0 Å². The fourth-order valence-corrected chi connectivity index (χ4v) is 2.70. The number of benzene rings is 2. The summed E-state index contributed by atoms with van der Waals surface area (Å²) in [5, 5.41) is 2.70. The summed E-state index contributed by atoms with van der Waals surface area (Å²) in [6.07, 6.45) is 3.30. The lowest BCUT2D eigenvalue weighted by Crippen LogP contribution is -2.29. The van der Waals surface area contributed by atoms with Crippen molar-refractivity contribution in [3.05, 3.63) is 70.8 Å². The van der Waals surface area contributed by atoms with Crippen LogP contribution in [0.2, 0.25) is 0 Å². The van der Waals surface area contributed by atoms with Gasteiger partial charge in [-0.2, -0.15) is 0 Å². The van der Waals surface area contributed by atoms with Crippen molar-refractivity contribution < 1.29 is 9.59 Å². The van der Waals surface area contributed by atoms with Gasteiger partial charge >= 0.3 is 0 Å². The Morgan fingerprint density at radius 1 is 0.905 bits per heavy atom. The van der Waals surface area contributed by atoms with Gasteiger partial charge < -0.3 is 5.32 Å². The first-order valence-electron chi connectivity index (χ1n) is 7.22. The van der Waals surface area contributed by atoms with E-state index in [1.807, 2.05) is 36.4 Å². The molecule has 0 unspecified atom stereocenters. The Morgan fingerprint density at radius 3 is 2.48 bits per heavy atom. The van der Waals surface area contributed by atoms with Gasteiger partial charge in [0.25, 0.3) is 5.91 Å². The van der Waals surface area contributed by atoms with Gasteiger partial charge in [0.15, 0.2) is 5.78 Å². The van der Waals surface area contributed by atoms with Gasteiger partial charge in [0, 0.05) is 11.1 Å². The summed E-state index contributed by atoms with van der Waals surface area (Å²) in [6, 6.07) is 14.8. The maximum atomic E-state index is 12.1. The SMILES string of the molecule is O=C(CNC(=O)c1ccc2c(c1)CCC2)c1ccccc1. The van der Waals surface area contributed by atoms with Crippen molar-refractivity contribution in [3.63, 3.8) is 0 Å². The molecule has 0 aliphatic heterocycles. The maximum Gasteiger partial charge on any atom is 0.251 e. The zero-order valence-corrected chi connectivity index (χ0v) is 11.8. The van der Waals surface area contributed by atoms with Gasteiger partial charge in [-0.15, -0.1) is 0 Å². The van der Waals surface area contributed by atoms with E-state index < -0.39 is 0 Å². The molecule has 21 heavy (non-hydrogen) atoms. The molecule has 0 spiro atoms. The molecule has 3 rings (SSSR count). The number of amides is 1. The van der Waals surface area contributed by atoms with Crippen LogP contribution in [-0.2, 0) is 12.8 Å². The molecule has 106 valence electrons. The molecule has 0 saturated carbocycles. The van der Waals surface area contributed by atoms with Crippen LogP contribution in [0.15, 0.2) is 48.5 Å². The van der Waals surface area contributed by atoms with Crippen LogP contribution in [0.1, 0.15) is 38.3 Å². The maximum absolute atomic E-state index is 12.1. The molecule has 3 nitrogen and oxygen atoms in total. The van der Waals surface area contributed by atoms with E-state index in [9.17, 15) is 9.59 Å². The van der Waals surface area contributed by atoms with Crippen molar-refractivity contribution in [2.45, 2.75) is 19.3 Å². The number of rotatable bonds is 4. The minimum Gasteiger partial charge on any atom is -0.345 e. The Morgan fingerprint density at radius 2 is 1.67 bits per heavy atom. The van der Waals surface area contributed by atoms with E-state index in [0.29, 0.717) is 11.1 Å². The third kappa shape index (κ3) is 3.02. The third-order valence-corrected chi connectivity index (χ3v) is 3.87. The van der Waals surface area contributed by atoms with Crippen molar-refractivity contribution in [2.24, 2.45) is 0 Å². The molecule has 0 fully saturated rings. The quantitative estimate of drug-likeness (QED) is 0.875. The van der Waals surface area contributed by atoms with E-state index in [4.69, 9.17) is 0 Å². The molecule has 1 aliphatic carbocycles. The first kappa shape index (κ1) is 13.6. The minimum atomic E-state index is -0.186. The molecular formula is C18H17NO2. The highest BCUT2D eigenvalue weighted by Crippen LogP contribution is 2.22. The summed E-state index contributed by atoms with van der Waals surface area (Å²) in [4.78, 5) is 24.1. The Bertz CT molecular complexity index is 677. The highest BCUT2D eigenvalue weighted by atomic mass is 16.2. The van der Waals surface area contributed by atoms with E-state index in [-0.39, 0.29) is 18.2 Å². The van der Waals surface area contributed by atoms with Gasteiger partial charge in [-0.25, -0.2) is 0 Å². The standard InChI is InChI=1S/C18H17NO2/c20-17(14-5-2-1-3-6-14)12-19-18(21)16-10-9-13-7-4-8-15(13)11-16/h1-3,5-6,9-11H,4,7-8,12H2,(H,19,21). The van der Waals surface area contributed by atoms with Crippen LogP contribution in [0.4, 0.5) is 0 Å². The molecule has 3 heteroatoms. The lowest BCUT2D eigenvalue weighted by Gasteiger charge is -2.07. The number of hydrogen-bond acceptors (Lipinski definition) is 2. The lowest BCUT2D eigenvalue weighted by atomic mass is 10.1. The smallest absolute Gasteiger partial charge is 0.251 e. The second-order valence-electron chi connectivity index (χ2n) is 5.31. The summed E-state index contributed by atoms with van der Waals surface area (Å²) in [5.41, 5.74) is 3.85. The monoisotopic (exact) mass is 279 g/mol. The number of hydrogen-bond donors (Lipinski definition) is 1. The second-order valence-corrected chi connectivity index (χ2v) is 5.31. The van der Waals surface area contributed by atoms with Crippen LogP contribution >= 0.6 is 0 Å². The number of carbonyl (C=O) groups excluding carboxylic acids is 2. The first-order chi connectivity index (χ1) is 10.2. The first-order valence-corrected chi connectivity index (χ1v) is 7.22. The van der Waals surface area contributed by atoms with Gasteiger partial charge in [0.05, 0.1) is 6.54 Å². The summed E-state index contributed by atoms with van der Waals surface area (Å²) in [5.74, 6) is -0.265. The largest absolute Gasteiger partial charge is 0.345 e. The van der Waals surface area contributed by atoms with E-state index in [0.717, 1.165) is 19.3 Å². The summed E-state index contributed by atoms with van der Waals surface area (Å²) in [7, 11) is 0. The highest BCUT2D eigenvalue weighted by molar-refractivity contribution is 6.02. The number of ketones is 1. The fourth-order valence-electron chi connectivity index (χ4n) is 2.70. The summed E-state index contributed by atoms with van der Waals surface area (Å²) >= 11 is 0. The molecule has 1 N–H and O–H groups in total. The zero-order chi connectivity index (χ0) is 14.7. The predicted molar refractivity (Wildman–Crippen MR) is 81.6 cm³/mol. The fraction of sp³-hybridized carbons (Fsp3) is 0.222. The Kier molecular flexibility index (Phi) is 3.82. The van der Waals surface area contributed by atoms with E-state index >= 15 is 0 Å². The Hall–Kier alpha value is -2.42. The van der Waals surface area contributed by atoms with Crippen molar-refractivity contribution in [2.75, 3.05) is 6.54 Å². The minimum absolute atomic E-state index is 0.0277. The highest BCUT2D eigenvalue weighted by Gasteiger charge is 2.14. The van der Waals surface area contributed by atoms with Crippen LogP contribution in [0, 0.1) is 0 Å². The normalized spacial score (nSPS) is 12.8. The van der Waals surface area contributed by atoms with Crippen LogP contribution in [0.3, 0.4) is 0 Å². The molecule has 1 amide bonds. The molecule has 0 heterocycles. The average molecular weight is 279 g/mol. The summed E-state index contributed by atoms with van der Waals surface area (Å²) < 4.78 is 0. The molecule has 0 aromatic heterocycles. The van der Waals surface area contributed by atoms with Crippen LogP contribution in [0.25, 0.3) is 0 Å². The predicted octanol–water partition coefficient (Wildman–Crippen LogP) is 2.79. The van der Waals surface area contributed by atoms with Gasteiger partial charge in [-0.05, 0) is 42.5 Å². The summed E-state index contributed by atoms with van der Waals surface area (Å²) in [6.45, 7) is 0.0277. The van der Waals surface area contributed by atoms with Crippen LogP contribution in [0.5, 0.6) is 0 Å². The van der Waals surface area contributed by atoms with E-state index in [2.05, 4.69) is 5.32 Å². The molecule has 1 aliphatic rings. The van der Waals surface area contributed by atoms with E-state index in [1.54, 1.807) is 12.1 Å². The zero-order valence-electron chi connectivity index (χ0n) is 11.8. The number of Topliss-reactive ketones (excluding diaryl/α,β-unsaturated/α-hetero) is 1. The number of nitrogens with one attached hydrogen (secondary N) is 1. The molecule has 0 bridgehead atoms. The number of fused-ring (bicyclic) bond motifs is 1. The molecular weight excluding hydrogens is 262 g/mol. The average Bonchev–Trinajstić information content (AvgIpc) is 3.00. The Labute approximate surface area is 124 Å². The third-order valence-electron chi connectivity index (χ3n) is 3.87. The second kappa shape index (κ2) is 5.92. The van der Waals surface area contributed by atoms with E-state index in [1.165, 1.54) is 11.1 Å². The molecule has 2 aromatic rings. The topological polar surface area (TPSA) is 46.2 Å². The van der Waals surface area contributed by atoms with Gasteiger partial charge in [0.2, 0.25) is 0 Å². The van der Waals surface area contributed by atoms with Gasteiger partial charge in [-0.1, -0.05) is 36.4 Å². The van der Waals surface area contributed by atoms with Crippen molar-refractivity contribution >= 4 is 11.7 Å². The molecule has 0 atom stereocenters. The van der Waals surface area contributed by atoms with Crippen LogP contribution < -0.4 is 5.32 Å². The number of carbonyl (C=O) groups is 2. The number of aryl methyl sites for hydroxylation is 2. The van der Waals surface area contributed by atoms with Gasteiger partial charge in [-0.3, -0.25) is 9.59 Å². The van der Waals surface area contributed by atoms with Crippen molar-refractivity contribution in [3.8, 4) is 0 Å². The molecule has 0 saturated heterocycles. The van der Waals surface area contributed by atoms with Gasteiger partial charge in [0.1, 0.15) is 0 Å². The van der Waals surface area contributed by atoms with Crippen molar-refractivity contribution in [1.82, 2.24) is 5.32 Å². The lowest BCUT2D eigenvalue weighted by molar-refractivity contribution is 0.0904.